The second-order valence-corrected chi connectivity index (χ2v) is 5.06. The van der Waals surface area contributed by atoms with Crippen molar-refractivity contribution >= 4 is 33.2 Å². The minimum atomic E-state index is -0.291. The number of hydrogen-bond acceptors (Lipinski definition) is 3. The number of benzene rings is 1. The fourth-order valence-corrected chi connectivity index (χ4v) is 2.62. The van der Waals surface area contributed by atoms with Gasteiger partial charge in [-0.2, -0.15) is 0 Å². The Bertz CT molecular complexity index is 636. The van der Waals surface area contributed by atoms with Crippen molar-refractivity contribution in [2.75, 3.05) is 0 Å². The average Bonchev–Trinajstić information content (AvgIpc) is 2.86. The summed E-state index contributed by atoms with van der Waals surface area (Å²) in [4.78, 5) is 8.80. The highest BCUT2D eigenvalue weighted by Crippen LogP contribution is 2.27. The summed E-state index contributed by atoms with van der Waals surface area (Å²) in [5.41, 5.74) is 1.98. The Labute approximate surface area is 108 Å². The predicted octanol–water partition coefficient (Wildman–Crippen LogP) is 4.02. The van der Waals surface area contributed by atoms with E-state index in [1.807, 2.05) is 48.0 Å². The van der Waals surface area contributed by atoms with E-state index in [-0.39, 0.29) is 5.38 Å². The highest BCUT2D eigenvalue weighted by atomic mass is 35.5. The second kappa shape index (κ2) is 4.43. The zero-order valence-electron chi connectivity index (χ0n) is 8.88. The Morgan fingerprint density at radius 1 is 1.12 bits per heavy atom. The molecule has 3 aromatic rings. The van der Waals surface area contributed by atoms with Crippen LogP contribution in [0.3, 0.4) is 0 Å². The van der Waals surface area contributed by atoms with Gasteiger partial charge in [0.25, 0.3) is 0 Å². The van der Waals surface area contributed by atoms with E-state index in [0.29, 0.717) is 5.82 Å². The zero-order valence-corrected chi connectivity index (χ0v) is 10.4. The Morgan fingerprint density at radius 2 is 1.94 bits per heavy atom. The monoisotopic (exact) mass is 260 g/mol. The van der Waals surface area contributed by atoms with Gasteiger partial charge in [-0.05, 0) is 17.0 Å². The van der Waals surface area contributed by atoms with Crippen LogP contribution in [0, 0.1) is 0 Å². The fourth-order valence-electron chi connectivity index (χ4n) is 1.67. The lowest BCUT2D eigenvalue weighted by atomic mass is 10.1. The SMILES string of the molecule is ClC(c1ccccc1)c1ncc2sccc2n1. The molecule has 0 aliphatic carbocycles. The Hall–Kier alpha value is -1.45. The van der Waals surface area contributed by atoms with Crippen LogP contribution in [0.4, 0.5) is 0 Å². The average molecular weight is 261 g/mol. The van der Waals surface area contributed by atoms with Crippen LogP contribution in [0.5, 0.6) is 0 Å². The molecule has 0 aliphatic heterocycles. The molecule has 2 heterocycles. The smallest absolute Gasteiger partial charge is 0.151 e. The maximum absolute atomic E-state index is 6.38. The molecule has 1 unspecified atom stereocenters. The largest absolute Gasteiger partial charge is 0.238 e. The molecule has 0 aliphatic rings. The summed E-state index contributed by atoms with van der Waals surface area (Å²) in [5, 5.41) is 1.72. The molecule has 0 spiro atoms. The number of fused-ring (bicyclic) bond motifs is 1. The van der Waals surface area contributed by atoms with Gasteiger partial charge in [-0.15, -0.1) is 22.9 Å². The van der Waals surface area contributed by atoms with Gasteiger partial charge in [-0.25, -0.2) is 9.97 Å². The predicted molar refractivity (Wildman–Crippen MR) is 71.6 cm³/mol. The number of alkyl halides is 1. The van der Waals surface area contributed by atoms with Crippen molar-refractivity contribution in [3.8, 4) is 0 Å². The molecular weight excluding hydrogens is 252 g/mol. The van der Waals surface area contributed by atoms with Gasteiger partial charge in [0.2, 0.25) is 0 Å². The van der Waals surface area contributed by atoms with E-state index in [9.17, 15) is 0 Å². The van der Waals surface area contributed by atoms with Gasteiger partial charge in [-0.3, -0.25) is 0 Å². The van der Waals surface area contributed by atoms with Crippen LogP contribution in [-0.4, -0.2) is 9.97 Å². The van der Waals surface area contributed by atoms with Crippen molar-refractivity contribution in [1.82, 2.24) is 9.97 Å². The Morgan fingerprint density at radius 3 is 2.76 bits per heavy atom. The van der Waals surface area contributed by atoms with Gasteiger partial charge in [0.1, 0.15) is 5.38 Å². The van der Waals surface area contributed by atoms with Gasteiger partial charge in [0.05, 0.1) is 10.2 Å². The van der Waals surface area contributed by atoms with E-state index >= 15 is 0 Å². The molecule has 0 N–H and O–H groups in total. The van der Waals surface area contributed by atoms with Gasteiger partial charge >= 0.3 is 0 Å². The van der Waals surface area contributed by atoms with Crippen molar-refractivity contribution in [3.05, 3.63) is 59.4 Å². The van der Waals surface area contributed by atoms with Crippen LogP contribution >= 0.6 is 22.9 Å². The Kier molecular flexibility index (Phi) is 2.79. The lowest BCUT2D eigenvalue weighted by Gasteiger charge is -2.07. The maximum Gasteiger partial charge on any atom is 0.151 e. The maximum atomic E-state index is 6.38. The van der Waals surface area contributed by atoms with Crippen LogP contribution in [0.1, 0.15) is 16.8 Å². The second-order valence-electron chi connectivity index (χ2n) is 3.67. The van der Waals surface area contributed by atoms with Gasteiger partial charge in [0.15, 0.2) is 5.82 Å². The summed E-state index contributed by atoms with van der Waals surface area (Å²) < 4.78 is 1.09. The lowest BCUT2D eigenvalue weighted by molar-refractivity contribution is 0.965. The Balaban J connectivity index is 2.03. The molecule has 1 aromatic carbocycles. The van der Waals surface area contributed by atoms with Gasteiger partial charge in [0, 0.05) is 6.20 Å². The van der Waals surface area contributed by atoms with Crippen LogP contribution in [-0.2, 0) is 0 Å². The topological polar surface area (TPSA) is 25.8 Å². The molecule has 3 rings (SSSR count). The zero-order chi connectivity index (χ0) is 11.7. The molecule has 2 aromatic heterocycles. The number of nitrogens with zero attached hydrogens (tertiary/aromatic N) is 2. The van der Waals surface area contributed by atoms with Crippen molar-refractivity contribution in [3.63, 3.8) is 0 Å². The van der Waals surface area contributed by atoms with Crippen molar-refractivity contribution in [1.29, 1.82) is 0 Å². The molecule has 0 fully saturated rings. The number of halogens is 1. The van der Waals surface area contributed by atoms with Gasteiger partial charge in [-0.1, -0.05) is 30.3 Å². The van der Waals surface area contributed by atoms with E-state index < -0.39 is 0 Å². The quantitative estimate of drug-likeness (QED) is 0.651. The summed E-state index contributed by atoms with van der Waals surface area (Å²) in [6.07, 6.45) is 1.83. The molecule has 0 saturated carbocycles. The van der Waals surface area contributed by atoms with E-state index in [1.54, 1.807) is 11.3 Å². The third-order valence-electron chi connectivity index (χ3n) is 2.54. The molecule has 0 saturated heterocycles. The first-order chi connectivity index (χ1) is 8.34. The van der Waals surface area contributed by atoms with E-state index in [1.165, 1.54) is 0 Å². The van der Waals surface area contributed by atoms with Crippen LogP contribution in [0.25, 0.3) is 10.2 Å². The molecule has 2 nitrogen and oxygen atoms in total. The van der Waals surface area contributed by atoms with Crippen molar-refractivity contribution in [2.45, 2.75) is 5.38 Å². The molecule has 4 heteroatoms. The highest BCUT2D eigenvalue weighted by molar-refractivity contribution is 7.17. The lowest BCUT2D eigenvalue weighted by Crippen LogP contribution is -1.99. The van der Waals surface area contributed by atoms with Gasteiger partial charge < -0.3 is 0 Å². The summed E-state index contributed by atoms with van der Waals surface area (Å²) in [5.74, 6) is 0.656. The van der Waals surface area contributed by atoms with Crippen LogP contribution < -0.4 is 0 Å². The highest BCUT2D eigenvalue weighted by Gasteiger charge is 2.14. The van der Waals surface area contributed by atoms with Crippen molar-refractivity contribution < 1.29 is 0 Å². The summed E-state index contributed by atoms with van der Waals surface area (Å²) in [6, 6.07) is 11.9. The van der Waals surface area contributed by atoms with E-state index in [2.05, 4.69) is 9.97 Å². The first-order valence-electron chi connectivity index (χ1n) is 5.24. The number of aromatic nitrogens is 2. The minimum Gasteiger partial charge on any atom is -0.238 e. The number of hydrogen-bond donors (Lipinski definition) is 0. The first-order valence-corrected chi connectivity index (χ1v) is 6.55. The van der Waals surface area contributed by atoms with Crippen LogP contribution in [0.2, 0.25) is 0 Å². The molecule has 17 heavy (non-hydrogen) atoms. The van der Waals surface area contributed by atoms with E-state index in [0.717, 1.165) is 15.8 Å². The summed E-state index contributed by atoms with van der Waals surface area (Å²) >= 11 is 8.01. The van der Waals surface area contributed by atoms with E-state index in [4.69, 9.17) is 11.6 Å². The summed E-state index contributed by atoms with van der Waals surface area (Å²) in [7, 11) is 0. The number of rotatable bonds is 2. The fraction of sp³-hybridized carbons (Fsp3) is 0.0769. The standard InChI is InChI=1S/C13H9ClN2S/c14-12(9-4-2-1-3-5-9)13-15-8-11-10(16-13)6-7-17-11/h1-8,12H. The third kappa shape index (κ3) is 2.04. The molecule has 1 atom stereocenters. The van der Waals surface area contributed by atoms with Crippen LogP contribution in [0.15, 0.2) is 48.0 Å². The minimum absolute atomic E-state index is 0.291. The molecular formula is C13H9ClN2S. The summed E-state index contributed by atoms with van der Waals surface area (Å²) in [6.45, 7) is 0. The normalized spacial score (nSPS) is 12.8. The molecule has 84 valence electrons. The van der Waals surface area contributed by atoms with Crippen molar-refractivity contribution in [2.24, 2.45) is 0 Å². The molecule has 0 bridgehead atoms. The first kappa shape index (κ1) is 10.7. The third-order valence-corrected chi connectivity index (χ3v) is 3.83. The molecule has 0 amide bonds. The molecule has 0 radical (unpaired) electrons. The number of thiophene rings is 1.